The van der Waals surface area contributed by atoms with Gasteiger partial charge in [0.05, 0.1) is 11.8 Å². The summed E-state index contributed by atoms with van der Waals surface area (Å²) in [6.45, 7) is 4.16. The van der Waals surface area contributed by atoms with Gasteiger partial charge in [0.15, 0.2) is 0 Å². The van der Waals surface area contributed by atoms with E-state index in [9.17, 15) is 19.5 Å². The molecule has 2 aliphatic rings. The lowest BCUT2D eigenvalue weighted by Gasteiger charge is -2.27. The minimum Gasteiger partial charge on any atom is -0.508 e. The fourth-order valence-electron chi connectivity index (χ4n) is 3.88. The summed E-state index contributed by atoms with van der Waals surface area (Å²) in [5.74, 6) is -1.18. The average Bonchev–Trinajstić information content (AvgIpc) is 2.89. The Morgan fingerprint density at radius 3 is 2.37 bits per heavy atom. The third-order valence-corrected chi connectivity index (χ3v) is 5.23. The Balaban J connectivity index is 1.76. The number of fused-ring (bicyclic) bond motifs is 1. The minimum absolute atomic E-state index is 0.127. The SMILES string of the molecule is CC(C)CC(C(=O)NCc1cccc(O)c1)N1C(=O)C2CC=CCC2C1=O. The maximum absolute atomic E-state index is 12.9. The molecule has 3 rings (SSSR count). The second kappa shape index (κ2) is 7.94. The predicted octanol–water partition coefficient (Wildman–Crippen LogP) is 2.37. The van der Waals surface area contributed by atoms with Crippen molar-refractivity contribution in [1.82, 2.24) is 10.2 Å². The zero-order valence-corrected chi connectivity index (χ0v) is 15.7. The van der Waals surface area contributed by atoms with Gasteiger partial charge in [-0.25, -0.2) is 0 Å². The van der Waals surface area contributed by atoms with Crippen LogP contribution in [0.5, 0.6) is 5.75 Å². The van der Waals surface area contributed by atoms with E-state index < -0.39 is 6.04 Å². The standard InChI is InChI=1S/C21H26N2O4/c1-13(2)10-18(19(25)22-12-14-6-5-7-15(24)11-14)23-20(26)16-8-3-4-9-17(16)21(23)27/h3-7,11,13,16-18,24H,8-10,12H2,1-2H3,(H,22,25). The number of nitrogens with zero attached hydrogens (tertiary/aromatic N) is 1. The molecule has 1 fully saturated rings. The molecule has 2 N–H and O–H groups in total. The van der Waals surface area contributed by atoms with Crippen LogP contribution in [0.4, 0.5) is 0 Å². The van der Waals surface area contributed by atoms with Gasteiger partial charge in [0.1, 0.15) is 11.8 Å². The molecule has 1 aliphatic heterocycles. The van der Waals surface area contributed by atoms with Crippen molar-refractivity contribution in [3.05, 3.63) is 42.0 Å². The maximum atomic E-state index is 12.9. The van der Waals surface area contributed by atoms with E-state index in [2.05, 4.69) is 5.32 Å². The van der Waals surface area contributed by atoms with Gasteiger partial charge in [0.2, 0.25) is 17.7 Å². The molecule has 144 valence electrons. The number of phenolic OH excluding ortho intramolecular Hbond substituents is 1. The summed E-state index contributed by atoms with van der Waals surface area (Å²) in [5.41, 5.74) is 0.753. The van der Waals surface area contributed by atoms with Crippen molar-refractivity contribution >= 4 is 17.7 Å². The number of nitrogens with one attached hydrogen (secondary N) is 1. The number of allylic oxidation sites excluding steroid dienone is 2. The lowest BCUT2D eigenvalue weighted by Crippen LogP contribution is -2.50. The van der Waals surface area contributed by atoms with Gasteiger partial charge in [0.25, 0.3) is 0 Å². The third-order valence-electron chi connectivity index (χ3n) is 5.23. The Bertz CT molecular complexity index is 745. The van der Waals surface area contributed by atoms with Crippen molar-refractivity contribution in [1.29, 1.82) is 0 Å². The van der Waals surface area contributed by atoms with E-state index >= 15 is 0 Å². The molecular formula is C21H26N2O4. The van der Waals surface area contributed by atoms with E-state index in [1.54, 1.807) is 24.3 Å². The Morgan fingerprint density at radius 1 is 1.19 bits per heavy atom. The number of carbonyl (C=O) groups excluding carboxylic acids is 3. The number of hydrogen-bond acceptors (Lipinski definition) is 4. The Labute approximate surface area is 159 Å². The van der Waals surface area contributed by atoms with Crippen molar-refractivity contribution in [2.24, 2.45) is 17.8 Å². The molecule has 1 saturated heterocycles. The first kappa shape index (κ1) is 19.1. The molecular weight excluding hydrogens is 344 g/mol. The summed E-state index contributed by atoms with van der Waals surface area (Å²) in [5, 5.41) is 12.4. The quantitative estimate of drug-likeness (QED) is 0.595. The molecule has 1 aromatic rings. The Kier molecular flexibility index (Phi) is 5.63. The summed E-state index contributed by atoms with van der Waals surface area (Å²) in [4.78, 5) is 39.8. The van der Waals surface area contributed by atoms with Crippen LogP contribution in [0.3, 0.4) is 0 Å². The minimum atomic E-state index is -0.798. The van der Waals surface area contributed by atoms with Crippen LogP contribution in [-0.2, 0) is 20.9 Å². The van der Waals surface area contributed by atoms with Crippen LogP contribution in [0, 0.1) is 17.8 Å². The molecule has 0 radical (unpaired) electrons. The van der Waals surface area contributed by atoms with E-state index in [1.807, 2.05) is 26.0 Å². The highest BCUT2D eigenvalue weighted by Crippen LogP contribution is 2.37. The summed E-state index contributed by atoms with van der Waals surface area (Å²) >= 11 is 0. The number of carbonyl (C=O) groups is 3. The highest BCUT2D eigenvalue weighted by atomic mass is 16.3. The Morgan fingerprint density at radius 2 is 1.81 bits per heavy atom. The van der Waals surface area contributed by atoms with Gasteiger partial charge in [-0.15, -0.1) is 0 Å². The van der Waals surface area contributed by atoms with Gasteiger partial charge in [-0.1, -0.05) is 38.1 Å². The van der Waals surface area contributed by atoms with Crippen molar-refractivity contribution in [3.63, 3.8) is 0 Å². The summed E-state index contributed by atoms with van der Waals surface area (Å²) in [6.07, 6.45) is 5.43. The van der Waals surface area contributed by atoms with Gasteiger partial charge in [0, 0.05) is 6.54 Å². The lowest BCUT2D eigenvalue weighted by molar-refractivity contribution is -0.148. The summed E-state index contributed by atoms with van der Waals surface area (Å²) in [6, 6.07) is 5.83. The number of likely N-dealkylation sites (tertiary alicyclic amines) is 1. The average molecular weight is 370 g/mol. The highest BCUT2D eigenvalue weighted by Gasteiger charge is 2.51. The van der Waals surface area contributed by atoms with Crippen molar-refractivity contribution in [2.45, 2.75) is 45.7 Å². The van der Waals surface area contributed by atoms with Crippen molar-refractivity contribution < 1.29 is 19.5 Å². The molecule has 3 unspecified atom stereocenters. The molecule has 1 heterocycles. The van der Waals surface area contributed by atoms with Crippen molar-refractivity contribution in [3.8, 4) is 5.75 Å². The lowest BCUT2D eigenvalue weighted by atomic mass is 9.85. The van der Waals surface area contributed by atoms with Gasteiger partial charge in [-0.3, -0.25) is 19.3 Å². The number of benzene rings is 1. The van der Waals surface area contributed by atoms with Crippen LogP contribution in [0.2, 0.25) is 0 Å². The van der Waals surface area contributed by atoms with Crippen LogP contribution in [0.25, 0.3) is 0 Å². The van der Waals surface area contributed by atoms with Gasteiger partial charge < -0.3 is 10.4 Å². The number of phenols is 1. The van der Waals surface area contributed by atoms with E-state index in [0.717, 1.165) is 5.56 Å². The molecule has 0 spiro atoms. The maximum Gasteiger partial charge on any atom is 0.243 e. The smallest absolute Gasteiger partial charge is 0.243 e. The topological polar surface area (TPSA) is 86.7 Å². The fourth-order valence-corrected chi connectivity index (χ4v) is 3.88. The second-order valence-electron chi connectivity index (χ2n) is 7.74. The van der Waals surface area contributed by atoms with Crippen LogP contribution < -0.4 is 5.32 Å². The van der Waals surface area contributed by atoms with Crippen LogP contribution >= 0.6 is 0 Å². The molecule has 6 heteroatoms. The van der Waals surface area contributed by atoms with Crippen LogP contribution in [0.15, 0.2) is 36.4 Å². The zero-order valence-electron chi connectivity index (χ0n) is 15.7. The molecule has 3 amide bonds. The van der Waals surface area contributed by atoms with Crippen molar-refractivity contribution in [2.75, 3.05) is 0 Å². The van der Waals surface area contributed by atoms with E-state index in [1.165, 1.54) is 4.90 Å². The molecule has 1 aromatic carbocycles. The van der Waals surface area contributed by atoms with Gasteiger partial charge >= 0.3 is 0 Å². The number of imide groups is 1. The van der Waals surface area contributed by atoms with E-state index in [0.29, 0.717) is 19.3 Å². The molecule has 0 saturated carbocycles. The first-order valence-electron chi connectivity index (χ1n) is 9.46. The Hall–Kier alpha value is -2.63. The number of hydrogen-bond donors (Lipinski definition) is 2. The largest absolute Gasteiger partial charge is 0.508 e. The zero-order chi connectivity index (χ0) is 19.6. The fraction of sp³-hybridized carbons (Fsp3) is 0.476. The predicted molar refractivity (Wildman–Crippen MR) is 100 cm³/mol. The number of aromatic hydroxyl groups is 1. The second-order valence-corrected chi connectivity index (χ2v) is 7.74. The molecule has 6 nitrogen and oxygen atoms in total. The number of rotatable bonds is 6. The molecule has 1 aliphatic carbocycles. The first-order valence-corrected chi connectivity index (χ1v) is 9.46. The molecule has 3 atom stereocenters. The normalized spacial score (nSPS) is 22.9. The molecule has 0 bridgehead atoms. The highest BCUT2D eigenvalue weighted by molar-refractivity contribution is 6.08. The molecule has 27 heavy (non-hydrogen) atoms. The van der Waals surface area contributed by atoms with E-state index in [4.69, 9.17) is 0 Å². The van der Waals surface area contributed by atoms with Gasteiger partial charge in [-0.2, -0.15) is 0 Å². The van der Waals surface area contributed by atoms with Crippen LogP contribution in [0.1, 0.15) is 38.7 Å². The van der Waals surface area contributed by atoms with E-state index in [-0.39, 0.29) is 47.8 Å². The monoisotopic (exact) mass is 370 g/mol. The summed E-state index contributed by atoms with van der Waals surface area (Å²) < 4.78 is 0. The molecule has 0 aromatic heterocycles. The van der Waals surface area contributed by atoms with Crippen LogP contribution in [-0.4, -0.2) is 33.8 Å². The van der Waals surface area contributed by atoms with Gasteiger partial charge in [-0.05, 0) is 42.9 Å². The third kappa shape index (κ3) is 4.04. The summed E-state index contributed by atoms with van der Waals surface area (Å²) in [7, 11) is 0. The first-order chi connectivity index (χ1) is 12.9. The number of amides is 3.